The van der Waals surface area contributed by atoms with Gasteiger partial charge in [0.1, 0.15) is 11.3 Å². The summed E-state index contributed by atoms with van der Waals surface area (Å²) in [5, 5.41) is 6.48. The molecule has 1 amide bonds. The molecule has 1 heterocycles. The molecule has 23 heavy (non-hydrogen) atoms. The van der Waals surface area contributed by atoms with Gasteiger partial charge in [-0.15, -0.1) is 0 Å². The Hall–Kier alpha value is -2.31. The van der Waals surface area contributed by atoms with E-state index in [1.807, 2.05) is 6.92 Å². The Labute approximate surface area is 131 Å². The third kappa shape index (κ3) is 3.72. The number of hydrogen-bond acceptors (Lipinski definition) is 3. The summed E-state index contributed by atoms with van der Waals surface area (Å²) in [4.78, 5) is 12.3. The van der Waals surface area contributed by atoms with Crippen molar-refractivity contribution < 1.29 is 22.5 Å². The van der Waals surface area contributed by atoms with Gasteiger partial charge < -0.3 is 9.84 Å². The van der Waals surface area contributed by atoms with Crippen molar-refractivity contribution in [1.82, 2.24) is 10.5 Å². The lowest BCUT2D eigenvalue weighted by Gasteiger charge is -2.16. The zero-order valence-electron chi connectivity index (χ0n) is 13.0. The first kappa shape index (κ1) is 17.1. The summed E-state index contributed by atoms with van der Waals surface area (Å²) < 4.78 is 43.3. The van der Waals surface area contributed by atoms with Crippen LogP contribution in [0.1, 0.15) is 52.8 Å². The van der Waals surface area contributed by atoms with Crippen LogP contribution in [0, 0.1) is 6.92 Å². The highest BCUT2D eigenvalue weighted by Gasteiger charge is 2.31. The first-order chi connectivity index (χ1) is 10.7. The maximum Gasteiger partial charge on any atom is 0.416 e. The largest absolute Gasteiger partial charge is 0.416 e. The van der Waals surface area contributed by atoms with E-state index < -0.39 is 23.7 Å². The van der Waals surface area contributed by atoms with Crippen molar-refractivity contribution >= 4 is 5.91 Å². The molecule has 1 N–H and O–H groups in total. The molecular formula is C16H17F3N2O2. The molecule has 0 aliphatic heterocycles. The molecule has 1 aromatic carbocycles. The lowest BCUT2D eigenvalue weighted by molar-refractivity contribution is -0.137. The Bertz CT molecular complexity index is 708. The summed E-state index contributed by atoms with van der Waals surface area (Å²) in [5.41, 5.74) is 0.495. The second kappa shape index (κ2) is 6.44. The summed E-state index contributed by atoms with van der Waals surface area (Å²) in [6.07, 6.45) is -3.89. The summed E-state index contributed by atoms with van der Waals surface area (Å²) in [6, 6.07) is 4.32. The van der Waals surface area contributed by atoms with E-state index in [-0.39, 0.29) is 0 Å². The first-order valence-corrected chi connectivity index (χ1v) is 7.17. The predicted octanol–water partition coefficient (Wildman–Crippen LogP) is 4.06. The Kier molecular flexibility index (Phi) is 4.77. The molecule has 0 aliphatic carbocycles. The molecular weight excluding hydrogens is 309 g/mol. The van der Waals surface area contributed by atoms with Gasteiger partial charge in [-0.05, 0) is 38.0 Å². The summed E-state index contributed by atoms with van der Waals surface area (Å²) in [6.45, 7) is 5.09. The molecule has 2 aromatic rings. The van der Waals surface area contributed by atoms with Crippen LogP contribution in [0.3, 0.4) is 0 Å². The molecule has 0 aliphatic rings. The minimum Gasteiger partial charge on any atom is -0.361 e. The number of carbonyl (C=O) groups is 1. The number of amides is 1. The van der Waals surface area contributed by atoms with Gasteiger partial charge in [-0.2, -0.15) is 13.2 Å². The van der Waals surface area contributed by atoms with E-state index in [1.54, 1.807) is 19.9 Å². The van der Waals surface area contributed by atoms with E-state index in [1.165, 1.54) is 6.07 Å². The Morgan fingerprint density at radius 1 is 1.39 bits per heavy atom. The zero-order valence-corrected chi connectivity index (χ0v) is 13.0. The fourth-order valence-corrected chi connectivity index (χ4v) is 2.29. The minimum absolute atomic E-state index is 0.339. The molecule has 0 saturated carbocycles. The van der Waals surface area contributed by atoms with Crippen LogP contribution in [0.2, 0.25) is 0 Å². The van der Waals surface area contributed by atoms with Gasteiger partial charge in [0.2, 0.25) is 0 Å². The van der Waals surface area contributed by atoms with Crippen molar-refractivity contribution in [2.24, 2.45) is 0 Å². The number of alkyl halides is 3. The molecule has 0 fully saturated rings. The van der Waals surface area contributed by atoms with Crippen LogP contribution in [0.15, 0.2) is 28.8 Å². The van der Waals surface area contributed by atoms with E-state index in [4.69, 9.17) is 4.52 Å². The van der Waals surface area contributed by atoms with Crippen LogP contribution >= 0.6 is 0 Å². The lowest BCUT2D eigenvalue weighted by Crippen LogP contribution is -2.28. The lowest BCUT2D eigenvalue weighted by atomic mass is 10.0. The quantitative estimate of drug-likeness (QED) is 0.922. The molecule has 0 bridgehead atoms. The minimum atomic E-state index is -4.42. The highest BCUT2D eigenvalue weighted by molar-refractivity contribution is 5.96. The topological polar surface area (TPSA) is 55.1 Å². The number of nitrogens with one attached hydrogen (secondary N) is 1. The summed E-state index contributed by atoms with van der Waals surface area (Å²) >= 11 is 0. The monoisotopic (exact) mass is 326 g/mol. The third-order valence-electron chi connectivity index (χ3n) is 3.56. The van der Waals surface area contributed by atoms with Crippen molar-refractivity contribution in [1.29, 1.82) is 0 Å². The number of halogens is 3. The van der Waals surface area contributed by atoms with Crippen LogP contribution in [0.25, 0.3) is 0 Å². The van der Waals surface area contributed by atoms with Crippen molar-refractivity contribution in [3.8, 4) is 0 Å². The highest BCUT2D eigenvalue weighted by atomic mass is 19.4. The molecule has 124 valence electrons. The molecule has 0 spiro atoms. The number of nitrogens with zero attached hydrogens (tertiary/aromatic N) is 1. The predicted molar refractivity (Wildman–Crippen MR) is 77.9 cm³/mol. The number of carbonyl (C=O) groups excluding carboxylic acids is 1. The molecule has 1 atom stereocenters. The molecule has 7 heteroatoms. The number of benzene rings is 1. The van der Waals surface area contributed by atoms with Gasteiger partial charge in [-0.25, -0.2) is 0 Å². The molecule has 2 rings (SSSR count). The maximum atomic E-state index is 12.8. The first-order valence-electron chi connectivity index (χ1n) is 7.17. The maximum absolute atomic E-state index is 12.8. The van der Waals surface area contributed by atoms with Crippen LogP contribution in [-0.2, 0) is 12.6 Å². The van der Waals surface area contributed by atoms with Crippen molar-refractivity contribution in [3.05, 3.63) is 52.4 Å². The van der Waals surface area contributed by atoms with Gasteiger partial charge >= 0.3 is 6.18 Å². The Balaban J connectivity index is 2.20. The molecule has 1 unspecified atom stereocenters. The fourth-order valence-electron chi connectivity index (χ4n) is 2.29. The van der Waals surface area contributed by atoms with E-state index in [0.29, 0.717) is 29.0 Å². The second-order valence-electron chi connectivity index (χ2n) is 5.23. The highest BCUT2D eigenvalue weighted by Crippen LogP contribution is 2.30. The van der Waals surface area contributed by atoms with Crippen LogP contribution in [0.4, 0.5) is 13.2 Å². The number of aryl methyl sites for hydroxylation is 2. The van der Waals surface area contributed by atoms with Gasteiger partial charge in [0.25, 0.3) is 5.91 Å². The molecule has 4 nitrogen and oxygen atoms in total. The fraction of sp³-hybridized carbons (Fsp3) is 0.375. The summed E-state index contributed by atoms with van der Waals surface area (Å²) in [5.74, 6) is -0.0268. The normalized spacial score (nSPS) is 13.0. The van der Waals surface area contributed by atoms with Gasteiger partial charge in [0.15, 0.2) is 0 Å². The molecule has 0 radical (unpaired) electrons. The second-order valence-corrected chi connectivity index (χ2v) is 5.23. The van der Waals surface area contributed by atoms with E-state index in [0.717, 1.165) is 12.1 Å². The van der Waals surface area contributed by atoms with E-state index in [2.05, 4.69) is 10.5 Å². The number of aromatic nitrogens is 1. The van der Waals surface area contributed by atoms with Gasteiger partial charge in [-0.3, -0.25) is 4.79 Å². The molecule has 0 saturated heterocycles. The van der Waals surface area contributed by atoms with E-state index in [9.17, 15) is 18.0 Å². The third-order valence-corrected chi connectivity index (χ3v) is 3.56. The Morgan fingerprint density at radius 2 is 2.09 bits per heavy atom. The number of hydrogen-bond donors (Lipinski definition) is 1. The smallest absolute Gasteiger partial charge is 0.361 e. The van der Waals surface area contributed by atoms with E-state index >= 15 is 0 Å². The van der Waals surface area contributed by atoms with Crippen LogP contribution in [0.5, 0.6) is 0 Å². The zero-order chi connectivity index (χ0) is 17.2. The van der Waals surface area contributed by atoms with Crippen molar-refractivity contribution in [3.63, 3.8) is 0 Å². The van der Waals surface area contributed by atoms with Crippen molar-refractivity contribution in [2.75, 3.05) is 0 Å². The number of rotatable bonds is 4. The molecule has 1 aromatic heterocycles. The van der Waals surface area contributed by atoms with Gasteiger partial charge in [-0.1, -0.05) is 24.2 Å². The van der Waals surface area contributed by atoms with Crippen LogP contribution in [-0.4, -0.2) is 11.1 Å². The van der Waals surface area contributed by atoms with Crippen molar-refractivity contribution in [2.45, 2.75) is 39.4 Å². The average Bonchev–Trinajstić information content (AvgIpc) is 2.87. The Morgan fingerprint density at radius 3 is 2.70 bits per heavy atom. The summed E-state index contributed by atoms with van der Waals surface area (Å²) in [7, 11) is 0. The average molecular weight is 326 g/mol. The SMILES string of the molecule is CCc1noc(C)c1C(=O)NC(C)c1cccc(C(F)(F)F)c1. The standard InChI is InChI=1S/C16H17F3N2O2/c1-4-13-14(10(3)23-21-13)15(22)20-9(2)11-6-5-7-12(8-11)16(17,18)19/h5-9H,4H2,1-3H3,(H,20,22). The van der Waals surface area contributed by atoms with Gasteiger partial charge in [0.05, 0.1) is 17.3 Å². The van der Waals surface area contributed by atoms with Gasteiger partial charge in [0, 0.05) is 0 Å². The van der Waals surface area contributed by atoms with Crippen LogP contribution < -0.4 is 5.32 Å².